The molecule has 0 saturated heterocycles. The Kier molecular flexibility index (Phi) is 4.01. The van der Waals surface area contributed by atoms with Gasteiger partial charge in [0.05, 0.1) is 5.69 Å². The van der Waals surface area contributed by atoms with Gasteiger partial charge in [-0.2, -0.15) is 0 Å². The van der Waals surface area contributed by atoms with Crippen molar-refractivity contribution in [2.45, 2.75) is 24.9 Å². The van der Waals surface area contributed by atoms with Crippen LogP contribution in [-0.2, 0) is 16.8 Å². The van der Waals surface area contributed by atoms with Crippen LogP contribution in [-0.4, -0.2) is 25.5 Å². The van der Waals surface area contributed by atoms with Gasteiger partial charge in [0, 0.05) is 17.8 Å². The first-order chi connectivity index (χ1) is 14.2. The predicted octanol–water partition coefficient (Wildman–Crippen LogP) is 2.89. The van der Waals surface area contributed by atoms with Crippen LogP contribution >= 0.6 is 0 Å². The van der Waals surface area contributed by atoms with Crippen molar-refractivity contribution in [2.24, 2.45) is 5.73 Å². The maximum Gasteiger partial charge on any atom is 0.231 e. The van der Waals surface area contributed by atoms with E-state index in [2.05, 4.69) is 15.1 Å². The minimum absolute atomic E-state index is 0.364. The fourth-order valence-corrected chi connectivity index (χ4v) is 3.38. The van der Waals surface area contributed by atoms with Crippen LogP contribution in [0.5, 0.6) is 5.88 Å². The highest BCUT2D eigenvalue weighted by Crippen LogP contribution is 2.46. The average molecular weight is 385 g/mol. The Morgan fingerprint density at radius 1 is 1.07 bits per heavy atom. The molecule has 1 saturated carbocycles. The van der Waals surface area contributed by atoms with Crippen molar-refractivity contribution >= 4 is 11.6 Å². The Morgan fingerprint density at radius 2 is 1.90 bits per heavy atom. The van der Waals surface area contributed by atoms with Crippen LogP contribution in [0.4, 0.5) is 0 Å². The summed E-state index contributed by atoms with van der Waals surface area (Å²) in [6, 6.07) is 19.4. The number of benzene rings is 1. The lowest BCUT2D eigenvalue weighted by Crippen LogP contribution is -2.29. The molecule has 4 aromatic rings. The van der Waals surface area contributed by atoms with Gasteiger partial charge in [-0.1, -0.05) is 36.4 Å². The summed E-state index contributed by atoms with van der Waals surface area (Å²) < 4.78 is 7.49. The molecule has 0 spiro atoms. The lowest BCUT2D eigenvalue weighted by Gasteiger charge is -2.07. The van der Waals surface area contributed by atoms with Crippen molar-refractivity contribution in [3.05, 3.63) is 78.2 Å². The van der Waals surface area contributed by atoms with E-state index in [9.17, 15) is 4.79 Å². The number of carbonyl (C=O) groups is 1. The van der Waals surface area contributed by atoms with Gasteiger partial charge >= 0.3 is 0 Å². The molecule has 1 amide bonds. The van der Waals surface area contributed by atoms with E-state index in [1.807, 2.05) is 60.7 Å². The smallest absolute Gasteiger partial charge is 0.231 e. The SMILES string of the molecule is NC(=O)C1(c2nc3cccc(-c4ccc(OCc5ccccc5)nc4)n3n2)CC1. The predicted molar refractivity (Wildman–Crippen MR) is 107 cm³/mol. The fraction of sp³-hybridized carbons (Fsp3) is 0.182. The first kappa shape index (κ1) is 17.4. The zero-order valence-electron chi connectivity index (χ0n) is 15.7. The van der Waals surface area contributed by atoms with Gasteiger partial charge in [-0.05, 0) is 36.6 Å². The minimum Gasteiger partial charge on any atom is -0.473 e. The molecule has 1 fully saturated rings. The second-order valence-corrected chi connectivity index (χ2v) is 7.22. The van der Waals surface area contributed by atoms with E-state index in [1.54, 1.807) is 10.7 Å². The van der Waals surface area contributed by atoms with Gasteiger partial charge in [0.2, 0.25) is 11.8 Å². The largest absolute Gasteiger partial charge is 0.473 e. The summed E-state index contributed by atoms with van der Waals surface area (Å²) in [6.45, 7) is 0.463. The lowest BCUT2D eigenvalue weighted by molar-refractivity contribution is -0.120. The van der Waals surface area contributed by atoms with E-state index in [0.29, 0.717) is 36.8 Å². The Balaban J connectivity index is 1.42. The molecule has 1 aliphatic rings. The number of carbonyl (C=O) groups excluding carboxylic acids is 1. The molecule has 5 rings (SSSR count). The summed E-state index contributed by atoms with van der Waals surface area (Å²) in [7, 11) is 0. The van der Waals surface area contributed by atoms with E-state index in [4.69, 9.17) is 10.5 Å². The summed E-state index contributed by atoms with van der Waals surface area (Å²) in [4.78, 5) is 20.8. The van der Waals surface area contributed by atoms with Crippen molar-refractivity contribution in [3.8, 4) is 17.1 Å². The highest BCUT2D eigenvalue weighted by atomic mass is 16.5. The number of pyridine rings is 2. The summed E-state index contributed by atoms with van der Waals surface area (Å²) in [5, 5.41) is 4.59. The molecule has 29 heavy (non-hydrogen) atoms. The van der Waals surface area contributed by atoms with Crippen molar-refractivity contribution in [3.63, 3.8) is 0 Å². The topological polar surface area (TPSA) is 95.4 Å². The Labute approximate surface area is 167 Å². The molecule has 1 aliphatic carbocycles. The number of nitrogens with zero attached hydrogens (tertiary/aromatic N) is 4. The molecule has 3 aromatic heterocycles. The van der Waals surface area contributed by atoms with Crippen molar-refractivity contribution in [2.75, 3.05) is 0 Å². The third-order valence-corrected chi connectivity index (χ3v) is 5.27. The number of nitrogens with two attached hydrogens (primary N) is 1. The van der Waals surface area contributed by atoms with Crippen molar-refractivity contribution < 1.29 is 9.53 Å². The zero-order valence-corrected chi connectivity index (χ0v) is 15.7. The summed E-state index contributed by atoms with van der Waals surface area (Å²) in [6.07, 6.45) is 3.14. The van der Waals surface area contributed by atoms with Gasteiger partial charge in [0.25, 0.3) is 0 Å². The first-order valence-electron chi connectivity index (χ1n) is 9.45. The first-order valence-corrected chi connectivity index (χ1v) is 9.45. The van der Waals surface area contributed by atoms with Gasteiger partial charge in [0.15, 0.2) is 11.5 Å². The molecule has 0 bridgehead atoms. The molecule has 0 radical (unpaired) electrons. The van der Waals surface area contributed by atoms with Gasteiger partial charge < -0.3 is 10.5 Å². The van der Waals surface area contributed by atoms with Gasteiger partial charge in [-0.3, -0.25) is 4.79 Å². The number of hydrogen-bond donors (Lipinski definition) is 1. The monoisotopic (exact) mass is 385 g/mol. The highest BCUT2D eigenvalue weighted by molar-refractivity contribution is 5.89. The van der Waals surface area contributed by atoms with E-state index in [1.165, 1.54) is 0 Å². The Morgan fingerprint density at radius 3 is 2.59 bits per heavy atom. The van der Waals surface area contributed by atoms with Gasteiger partial charge in [0.1, 0.15) is 12.0 Å². The molecular weight excluding hydrogens is 366 g/mol. The summed E-state index contributed by atoms with van der Waals surface area (Å²) >= 11 is 0. The molecule has 0 aliphatic heterocycles. The molecule has 0 atom stereocenters. The number of amides is 1. The number of aromatic nitrogens is 4. The molecular formula is C22H19N5O2. The van der Waals surface area contributed by atoms with E-state index in [-0.39, 0.29) is 5.91 Å². The highest BCUT2D eigenvalue weighted by Gasteiger charge is 2.53. The zero-order chi connectivity index (χ0) is 19.8. The fourth-order valence-electron chi connectivity index (χ4n) is 3.38. The molecule has 7 heteroatoms. The normalized spacial score (nSPS) is 14.6. The van der Waals surface area contributed by atoms with Crippen LogP contribution in [0.1, 0.15) is 24.2 Å². The van der Waals surface area contributed by atoms with Gasteiger partial charge in [-0.25, -0.2) is 14.5 Å². The number of primary amides is 1. The molecule has 1 aromatic carbocycles. The van der Waals surface area contributed by atoms with Crippen LogP contribution in [0.2, 0.25) is 0 Å². The second kappa shape index (κ2) is 6.70. The van der Waals surface area contributed by atoms with Crippen LogP contribution in [0.25, 0.3) is 16.9 Å². The van der Waals surface area contributed by atoms with Crippen LogP contribution in [0.15, 0.2) is 66.9 Å². The quantitative estimate of drug-likeness (QED) is 0.551. The third kappa shape index (κ3) is 3.10. The molecule has 2 N–H and O–H groups in total. The number of rotatable bonds is 6. The van der Waals surface area contributed by atoms with Crippen LogP contribution in [0, 0.1) is 0 Å². The Hall–Kier alpha value is -3.74. The number of hydrogen-bond acceptors (Lipinski definition) is 5. The standard InChI is InChI=1S/C22H19N5O2/c23-20(28)22(11-12-22)21-25-18-8-4-7-17(27(18)26-21)16-9-10-19(24-13-16)29-14-15-5-2-1-3-6-15/h1-10,13H,11-12,14H2,(H2,23,28). The second-order valence-electron chi connectivity index (χ2n) is 7.22. The lowest BCUT2D eigenvalue weighted by atomic mass is 10.1. The Bertz CT molecular complexity index is 1180. The maximum absolute atomic E-state index is 11.8. The van der Waals surface area contributed by atoms with E-state index in [0.717, 1.165) is 16.8 Å². The van der Waals surface area contributed by atoms with Crippen LogP contribution < -0.4 is 10.5 Å². The number of fused-ring (bicyclic) bond motifs is 1. The minimum atomic E-state index is -0.712. The van der Waals surface area contributed by atoms with Crippen molar-refractivity contribution in [1.82, 2.24) is 19.6 Å². The number of ether oxygens (including phenoxy) is 1. The molecule has 3 heterocycles. The average Bonchev–Trinajstić information content (AvgIpc) is 3.46. The van der Waals surface area contributed by atoms with E-state index >= 15 is 0 Å². The molecule has 144 valence electrons. The summed E-state index contributed by atoms with van der Waals surface area (Å²) in [5.41, 5.74) is 8.33. The van der Waals surface area contributed by atoms with Crippen molar-refractivity contribution in [1.29, 1.82) is 0 Å². The van der Waals surface area contributed by atoms with Gasteiger partial charge in [-0.15, -0.1) is 5.10 Å². The molecule has 0 unspecified atom stereocenters. The van der Waals surface area contributed by atoms with E-state index < -0.39 is 5.41 Å². The summed E-state index contributed by atoms with van der Waals surface area (Å²) in [5.74, 6) is 0.680. The van der Waals surface area contributed by atoms with Crippen LogP contribution in [0.3, 0.4) is 0 Å². The maximum atomic E-state index is 11.8. The third-order valence-electron chi connectivity index (χ3n) is 5.27. The molecule has 7 nitrogen and oxygen atoms in total.